The molecule has 0 aliphatic carbocycles. The first-order chi connectivity index (χ1) is 9.10. The lowest BCUT2D eigenvalue weighted by molar-refractivity contribution is -0.152. The summed E-state index contributed by atoms with van der Waals surface area (Å²) in [6, 6.07) is 7.26. The Morgan fingerprint density at radius 3 is 2.79 bits per heavy atom. The maximum atomic E-state index is 12.3. The van der Waals surface area contributed by atoms with Crippen LogP contribution in [0, 0.1) is 5.92 Å². The van der Waals surface area contributed by atoms with Gasteiger partial charge in [-0.25, -0.2) is 0 Å². The number of ether oxygens (including phenoxy) is 2. The maximum absolute atomic E-state index is 12.3. The van der Waals surface area contributed by atoms with E-state index >= 15 is 0 Å². The van der Waals surface area contributed by atoms with Crippen LogP contribution < -0.4 is 9.64 Å². The molecule has 5 heteroatoms. The Kier molecular flexibility index (Phi) is 3.74. The minimum absolute atomic E-state index is 0.226. The van der Waals surface area contributed by atoms with Crippen LogP contribution in [0.4, 0.5) is 5.69 Å². The summed E-state index contributed by atoms with van der Waals surface area (Å²) in [5.41, 5.74) is 0.712. The molecule has 1 aromatic carbocycles. The summed E-state index contributed by atoms with van der Waals surface area (Å²) in [6.45, 7) is 1.83. The second kappa shape index (κ2) is 5.30. The molecule has 1 heterocycles. The third-order valence-corrected chi connectivity index (χ3v) is 3.36. The Morgan fingerprint density at radius 2 is 2.16 bits per heavy atom. The zero-order chi connectivity index (χ0) is 14.0. The van der Waals surface area contributed by atoms with Crippen molar-refractivity contribution in [3.05, 3.63) is 24.3 Å². The van der Waals surface area contributed by atoms with Gasteiger partial charge in [0, 0.05) is 7.05 Å². The fourth-order valence-corrected chi connectivity index (χ4v) is 2.24. The lowest BCUT2D eigenvalue weighted by atomic mass is 9.97. The van der Waals surface area contributed by atoms with Gasteiger partial charge in [-0.3, -0.25) is 9.59 Å². The highest BCUT2D eigenvalue weighted by atomic mass is 16.5. The Bertz CT molecular complexity index is 500. The first-order valence-corrected chi connectivity index (χ1v) is 6.21. The van der Waals surface area contributed by atoms with E-state index in [4.69, 9.17) is 9.47 Å². The molecule has 0 saturated carbocycles. The molecule has 0 saturated heterocycles. The Hall–Kier alpha value is -2.04. The standard InChI is InChI=1S/C14H17NO4/c1-4-9(14(17)18-3)12-13(16)15(2)10-7-5-6-8-11(10)19-12/h5-9,12H,4H2,1-3H3. The van der Waals surface area contributed by atoms with Gasteiger partial charge in [0.05, 0.1) is 12.8 Å². The largest absolute Gasteiger partial charge is 0.477 e. The number of carbonyl (C=O) groups is 2. The first kappa shape index (κ1) is 13.4. The van der Waals surface area contributed by atoms with Crippen LogP contribution in [0.25, 0.3) is 0 Å². The summed E-state index contributed by atoms with van der Waals surface area (Å²) >= 11 is 0. The molecule has 0 bridgehead atoms. The molecule has 2 rings (SSSR count). The van der Waals surface area contributed by atoms with Crippen LogP contribution in [0.5, 0.6) is 5.75 Å². The van der Waals surface area contributed by atoms with Gasteiger partial charge >= 0.3 is 5.97 Å². The van der Waals surface area contributed by atoms with Crippen LogP contribution in [0.15, 0.2) is 24.3 Å². The van der Waals surface area contributed by atoms with Crippen molar-refractivity contribution in [2.75, 3.05) is 19.1 Å². The van der Waals surface area contributed by atoms with E-state index < -0.39 is 18.0 Å². The SMILES string of the molecule is CCC(C(=O)OC)C1Oc2ccccc2N(C)C1=O. The molecular formula is C14H17NO4. The van der Waals surface area contributed by atoms with Crippen molar-refractivity contribution < 1.29 is 19.1 Å². The number of rotatable bonds is 3. The van der Waals surface area contributed by atoms with E-state index in [2.05, 4.69) is 0 Å². The molecule has 5 nitrogen and oxygen atoms in total. The van der Waals surface area contributed by atoms with E-state index in [1.54, 1.807) is 13.1 Å². The topological polar surface area (TPSA) is 55.8 Å². The van der Waals surface area contributed by atoms with Crippen LogP contribution in [-0.4, -0.2) is 32.1 Å². The molecule has 0 fully saturated rings. The molecule has 1 aliphatic rings. The van der Waals surface area contributed by atoms with Gasteiger partial charge in [0.2, 0.25) is 0 Å². The molecular weight excluding hydrogens is 246 g/mol. The summed E-state index contributed by atoms with van der Waals surface area (Å²) in [7, 11) is 3.00. The minimum atomic E-state index is -0.822. The van der Waals surface area contributed by atoms with Gasteiger partial charge in [-0.2, -0.15) is 0 Å². The van der Waals surface area contributed by atoms with Crippen LogP contribution in [0.2, 0.25) is 0 Å². The van der Waals surface area contributed by atoms with Gasteiger partial charge in [0.1, 0.15) is 11.7 Å². The zero-order valence-electron chi connectivity index (χ0n) is 11.3. The number of anilines is 1. The Morgan fingerprint density at radius 1 is 1.47 bits per heavy atom. The number of likely N-dealkylation sites (N-methyl/N-ethyl adjacent to an activating group) is 1. The molecule has 0 spiro atoms. The maximum Gasteiger partial charge on any atom is 0.312 e. The smallest absolute Gasteiger partial charge is 0.312 e. The molecule has 102 valence electrons. The highest BCUT2D eigenvalue weighted by molar-refractivity contribution is 6.01. The molecule has 1 aliphatic heterocycles. The second-order valence-corrected chi connectivity index (χ2v) is 4.44. The lowest BCUT2D eigenvalue weighted by Gasteiger charge is -2.34. The summed E-state index contributed by atoms with van der Waals surface area (Å²) in [5, 5.41) is 0. The minimum Gasteiger partial charge on any atom is -0.477 e. The van der Waals surface area contributed by atoms with Crippen molar-refractivity contribution in [3.8, 4) is 5.75 Å². The normalized spacial score (nSPS) is 19.4. The molecule has 2 unspecified atom stereocenters. The average molecular weight is 263 g/mol. The number of hydrogen-bond donors (Lipinski definition) is 0. The van der Waals surface area contributed by atoms with E-state index in [-0.39, 0.29) is 5.91 Å². The Balaban J connectivity index is 2.34. The zero-order valence-corrected chi connectivity index (χ0v) is 11.3. The van der Waals surface area contributed by atoms with E-state index in [1.807, 2.05) is 25.1 Å². The van der Waals surface area contributed by atoms with Gasteiger partial charge in [-0.05, 0) is 18.6 Å². The van der Waals surface area contributed by atoms with Crippen molar-refractivity contribution in [3.63, 3.8) is 0 Å². The number of fused-ring (bicyclic) bond motifs is 1. The van der Waals surface area contributed by atoms with Gasteiger partial charge in [-0.15, -0.1) is 0 Å². The number of carbonyl (C=O) groups excluding carboxylic acids is 2. The van der Waals surface area contributed by atoms with Crippen LogP contribution >= 0.6 is 0 Å². The molecule has 1 aromatic rings. The summed E-state index contributed by atoms with van der Waals surface area (Å²) in [4.78, 5) is 25.6. The van der Waals surface area contributed by atoms with Gasteiger partial charge in [-0.1, -0.05) is 19.1 Å². The van der Waals surface area contributed by atoms with Crippen molar-refractivity contribution in [1.82, 2.24) is 0 Å². The summed E-state index contributed by atoms with van der Waals surface area (Å²) in [5.74, 6) is -0.630. The van der Waals surface area contributed by atoms with Crippen LogP contribution in [0.1, 0.15) is 13.3 Å². The number of para-hydroxylation sites is 2. The van der Waals surface area contributed by atoms with Crippen LogP contribution in [-0.2, 0) is 14.3 Å². The van der Waals surface area contributed by atoms with Gasteiger partial charge in [0.15, 0.2) is 6.10 Å². The predicted octanol–water partition coefficient (Wildman–Crippen LogP) is 1.61. The van der Waals surface area contributed by atoms with Crippen LogP contribution in [0.3, 0.4) is 0 Å². The van der Waals surface area contributed by atoms with Crippen molar-refractivity contribution in [1.29, 1.82) is 0 Å². The van der Waals surface area contributed by atoms with E-state index in [0.717, 1.165) is 0 Å². The number of methoxy groups -OCH3 is 1. The fraction of sp³-hybridized carbons (Fsp3) is 0.429. The molecule has 0 aromatic heterocycles. The fourth-order valence-electron chi connectivity index (χ4n) is 2.24. The molecule has 0 N–H and O–H groups in total. The summed E-state index contributed by atoms with van der Waals surface area (Å²) in [6.07, 6.45) is -0.337. The third kappa shape index (κ3) is 2.28. The highest BCUT2D eigenvalue weighted by Crippen LogP contribution is 2.35. The molecule has 2 atom stereocenters. The second-order valence-electron chi connectivity index (χ2n) is 4.44. The predicted molar refractivity (Wildman–Crippen MR) is 70.1 cm³/mol. The number of amides is 1. The average Bonchev–Trinajstić information content (AvgIpc) is 2.44. The number of esters is 1. The third-order valence-electron chi connectivity index (χ3n) is 3.36. The van der Waals surface area contributed by atoms with E-state index in [9.17, 15) is 9.59 Å². The van der Waals surface area contributed by atoms with Gasteiger partial charge in [0.25, 0.3) is 5.91 Å². The molecule has 0 radical (unpaired) electrons. The van der Waals surface area contributed by atoms with Crippen molar-refractivity contribution >= 4 is 17.6 Å². The highest BCUT2D eigenvalue weighted by Gasteiger charge is 2.40. The summed E-state index contributed by atoms with van der Waals surface area (Å²) < 4.78 is 10.4. The van der Waals surface area contributed by atoms with E-state index in [1.165, 1.54) is 12.0 Å². The van der Waals surface area contributed by atoms with Crippen molar-refractivity contribution in [2.24, 2.45) is 5.92 Å². The first-order valence-electron chi connectivity index (χ1n) is 6.21. The molecule has 1 amide bonds. The molecule has 19 heavy (non-hydrogen) atoms. The van der Waals surface area contributed by atoms with Gasteiger partial charge < -0.3 is 14.4 Å². The number of hydrogen-bond acceptors (Lipinski definition) is 4. The van der Waals surface area contributed by atoms with E-state index in [0.29, 0.717) is 17.9 Å². The van der Waals surface area contributed by atoms with Crippen molar-refractivity contribution in [2.45, 2.75) is 19.4 Å². The number of benzene rings is 1. The Labute approximate surface area is 112 Å². The lowest BCUT2D eigenvalue weighted by Crippen LogP contribution is -2.49. The number of nitrogens with zero attached hydrogens (tertiary/aromatic N) is 1. The quantitative estimate of drug-likeness (QED) is 0.777. The monoisotopic (exact) mass is 263 g/mol.